The van der Waals surface area contributed by atoms with E-state index < -0.39 is 0 Å². The van der Waals surface area contributed by atoms with Gasteiger partial charge in [-0.3, -0.25) is 14.6 Å². The van der Waals surface area contributed by atoms with Crippen molar-refractivity contribution in [3.8, 4) is 5.75 Å². The second-order valence-electron chi connectivity index (χ2n) is 6.55. The van der Waals surface area contributed by atoms with Crippen molar-refractivity contribution in [3.05, 3.63) is 58.1 Å². The average Bonchev–Trinajstić information content (AvgIpc) is 2.67. The summed E-state index contributed by atoms with van der Waals surface area (Å²) < 4.78 is 5.19. The second kappa shape index (κ2) is 9.42. The number of carbonyl (C=O) groups is 1. The fourth-order valence-corrected chi connectivity index (χ4v) is 3.59. The van der Waals surface area contributed by atoms with Crippen LogP contribution in [0.3, 0.4) is 0 Å². The molecule has 0 aliphatic carbocycles. The Morgan fingerprint density at radius 2 is 1.59 bits per heavy atom. The molecule has 0 bridgehead atoms. The molecule has 1 N–H and O–H groups in total. The maximum atomic E-state index is 12.3. The molecule has 27 heavy (non-hydrogen) atoms. The van der Waals surface area contributed by atoms with E-state index in [9.17, 15) is 4.79 Å². The predicted octanol–water partition coefficient (Wildman–Crippen LogP) is 3.76. The monoisotopic (exact) mass is 407 g/mol. The maximum absolute atomic E-state index is 12.3. The van der Waals surface area contributed by atoms with Gasteiger partial charge in [-0.05, 0) is 29.8 Å². The third-order valence-corrected chi connectivity index (χ3v) is 5.25. The largest absolute Gasteiger partial charge is 0.497 e. The fraction of sp³-hybridized carbons (Fsp3) is 0.350. The van der Waals surface area contributed by atoms with Crippen LogP contribution in [0.2, 0.25) is 10.0 Å². The molecule has 0 spiro atoms. The summed E-state index contributed by atoms with van der Waals surface area (Å²) in [6.07, 6.45) is 0. The molecule has 3 rings (SSSR count). The summed E-state index contributed by atoms with van der Waals surface area (Å²) in [4.78, 5) is 16.9. The highest BCUT2D eigenvalue weighted by Gasteiger charge is 2.20. The number of nitrogens with one attached hydrogen (secondary N) is 1. The third kappa shape index (κ3) is 5.59. The summed E-state index contributed by atoms with van der Waals surface area (Å²) in [6.45, 7) is 4.77. The van der Waals surface area contributed by atoms with E-state index in [-0.39, 0.29) is 5.91 Å². The zero-order valence-electron chi connectivity index (χ0n) is 15.3. The molecule has 0 radical (unpaired) electrons. The molecule has 0 unspecified atom stereocenters. The number of para-hydroxylation sites is 1. The van der Waals surface area contributed by atoms with Crippen molar-refractivity contribution in [2.45, 2.75) is 6.54 Å². The van der Waals surface area contributed by atoms with Crippen molar-refractivity contribution in [2.75, 3.05) is 45.2 Å². The van der Waals surface area contributed by atoms with Gasteiger partial charge in [0.25, 0.3) is 0 Å². The van der Waals surface area contributed by atoms with Crippen molar-refractivity contribution in [1.29, 1.82) is 0 Å². The van der Waals surface area contributed by atoms with Crippen LogP contribution in [0.4, 0.5) is 5.69 Å². The van der Waals surface area contributed by atoms with Crippen molar-refractivity contribution in [2.24, 2.45) is 0 Å². The molecule has 0 saturated carbocycles. The number of nitrogens with zero attached hydrogens (tertiary/aromatic N) is 2. The molecule has 1 heterocycles. The van der Waals surface area contributed by atoms with E-state index in [1.165, 1.54) is 5.56 Å². The first-order valence-electron chi connectivity index (χ1n) is 8.86. The standard InChI is InChI=1S/C20H23Cl2N3O2/c1-27-16-7-5-15(6-8-16)13-24-9-11-25(12-10-24)14-19(26)23-20-17(21)3-2-4-18(20)22/h2-8H,9-14H2,1H3,(H,23,26). The van der Waals surface area contributed by atoms with Gasteiger partial charge in [0.1, 0.15) is 5.75 Å². The van der Waals surface area contributed by atoms with Crippen LogP contribution < -0.4 is 10.1 Å². The lowest BCUT2D eigenvalue weighted by molar-refractivity contribution is -0.117. The highest BCUT2D eigenvalue weighted by Crippen LogP contribution is 2.29. The molecule has 1 amide bonds. The lowest BCUT2D eigenvalue weighted by Crippen LogP contribution is -2.48. The van der Waals surface area contributed by atoms with E-state index in [1.807, 2.05) is 12.1 Å². The quantitative estimate of drug-likeness (QED) is 0.791. The number of carbonyl (C=O) groups excluding carboxylic acids is 1. The van der Waals surface area contributed by atoms with Gasteiger partial charge in [-0.2, -0.15) is 0 Å². The molecule has 1 aliphatic heterocycles. The van der Waals surface area contributed by atoms with Gasteiger partial charge >= 0.3 is 0 Å². The highest BCUT2D eigenvalue weighted by atomic mass is 35.5. The Kier molecular flexibility index (Phi) is 6.96. The van der Waals surface area contributed by atoms with Crippen LogP contribution in [0.15, 0.2) is 42.5 Å². The van der Waals surface area contributed by atoms with E-state index in [4.69, 9.17) is 27.9 Å². The molecule has 2 aromatic carbocycles. The van der Waals surface area contributed by atoms with Crippen LogP contribution in [0.25, 0.3) is 0 Å². The molecule has 1 fully saturated rings. The normalized spacial score (nSPS) is 15.5. The summed E-state index contributed by atoms with van der Waals surface area (Å²) in [7, 11) is 1.67. The highest BCUT2D eigenvalue weighted by molar-refractivity contribution is 6.39. The lowest BCUT2D eigenvalue weighted by atomic mass is 10.2. The topological polar surface area (TPSA) is 44.8 Å². The Balaban J connectivity index is 1.45. The summed E-state index contributed by atoms with van der Waals surface area (Å²) in [5.41, 5.74) is 1.74. The summed E-state index contributed by atoms with van der Waals surface area (Å²) in [5, 5.41) is 3.71. The van der Waals surface area contributed by atoms with Crippen LogP contribution in [0, 0.1) is 0 Å². The van der Waals surface area contributed by atoms with E-state index in [2.05, 4.69) is 27.2 Å². The predicted molar refractivity (Wildman–Crippen MR) is 110 cm³/mol. The third-order valence-electron chi connectivity index (χ3n) is 4.62. The average molecular weight is 408 g/mol. The molecule has 1 saturated heterocycles. The van der Waals surface area contributed by atoms with Crippen LogP contribution in [0.5, 0.6) is 5.75 Å². The lowest BCUT2D eigenvalue weighted by Gasteiger charge is -2.34. The number of hydrogen-bond acceptors (Lipinski definition) is 4. The van der Waals surface area contributed by atoms with Crippen molar-refractivity contribution in [3.63, 3.8) is 0 Å². The Morgan fingerprint density at radius 3 is 2.19 bits per heavy atom. The van der Waals surface area contributed by atoms with Gasteiger partial charge in [-0.1, -0.05) is 41.4 Å². The maximum Gasteiger partial charge on any atom is 0.238 e. The van der Waals surface area contributed by atoms with Gasteiger partial charge in [-0.25, -0.2) is 0 Å². The number of halogens is 2. The molecule has 1 aliphatic rings. The molecule has 0 aromatic heterocycles. The SMILES string of the molecule is COc1ccc(CN2CCN(CC(=O)Nc3c(Cl)cccc3Cl)CC2)cc1. The molecular weight excluding hydrogens is 385 g/mol. The zero-order chi connectivity index (χ0) is 19.2. The smallest absolute Gasteiger partial charge is 0.238 e. The van der Waals surface area contributed by atoms with Crippen LogP contribution in [0.1, 0.15) is 5.56 Å². The minimum Gasteiger partial charge on any atom is -0.497 e. The summed E-state index contributed by atoms with van der Waals surface area (Å²) >= 11 is 12.2. The van der Waals surface area contributed by atoms with Crippen LogP contribution in [-0.4, -0.2) is 55.5 Å². The van der Waals surface area contributed by atoms with E-state index >= 15 is 0 Å². The number of ether oxygens (including phenoxy) is 1. The molecule has 0 atom stereocenters. The van der Waals surface area contributed by atoms with Gasteiger partial charge in [0.2, 0.25) is 5.91 Å². The number of methoxy groups -OCH3 is 1. The first-order chi connectivity index (χ1) is 13.0. The van der Waals surface area contributed by atoms with Gasteiger partial charge in [0, 0.05) is 32.7 Å². The molecule has 144 valence electrons. The first kappa shape index (κ1) is 20.0. The Bertz CT molecular complexity index is 755. The van der Waals surface area contributed by atoms with E-state index in [0.717, 1.165) is 38.5 Å². The first-order valence-corrected chi connectivity index (χ1v) is 9.62. The van der Waals surface area contributed by atoms with Crippen molar-refractivity contribution >= 4 is 34.8 Å². The molecule has 2 aromatic rings. The Hall–Kier alpha value is -1.79. The fourth-order valence-electron chi connectivity index (χ4n) is 3.09. The number of benzene rings is 2. The van der Waals surface area contributed by atoms with Crippen molar-refractivity contribution in [1.82, 2.24) is 9.80 Å². The molecule has 7 heteroatoms. The summed E-state index contributed by atoms with van der Waals surface area (Å²) in [5.74, 6) is 0.766. The number of rotatable bonds is 6. The molecule has 5 nitrogen and oxygen atoms in total. The van der Waals surface area contributed by atoms with Crippen molar-refractivity contribution < 1.29 is 9.53 Å². The number of amides is 1. The number of piperazine rings is 1. The van der Waals surface area contributed by atoms with Crippen LogP contribution >= 0.6 is 23.2 Å². The minimum absolute atomic E-state index is 0.103. The van der Waals surface area contributed by atoms with Gasteiger partial charge in [0.05, 0.1) is 29.4 Å². The van der Waals surface area contributed by atoms with Gasteiger partial charge < -0.3 is 10.1 Å². The van der Waals surface area contributed by atoms with Gasteiger partial charge in [0.15, 0.2) is 0 Å². The second-order valence-corrected chi connectivity index (χ2v) is 7.36. The molecular formula is C20H23Cl2N3O2. The van der Waals surface area contributed by atoms with Gasteiger partial charge in [-0.15, -0.1) is 0 Å². The Labute approximate surface area is 169 Å². The minimum atomic E-state index is -0.103. The summed E-state index contributed by atoms with van der Waals surface area (Å²) in [6, 6.07) is 13.3. The number of anilines is 1. The van der Waals surface area contributed by atoms with E-state index in [1.54, 1.807) is 25.3 Å². The Morgan fingerprint density at radius 1 is 1.00 bits per heavy atom. The van der Waals surface area contributed by atoms with E-state index in [0.29, 0.717) is 22.3 Å². The zero-order valence-corrected chi connectivity index (χ0v) is 16.8. The van der Waals surface area contributed by atoms with Crippen LogP contribution in [-0.2, 0) is 11.3 Å². The number of hydrogen-bond donors (Lipinski definition) is 1.